The van der Waals surface area contributed by atoms with Gasteiger partial charge in [0.05, 0.1) is 24.8 Å². The van der Waals surface area contributed by atoms with Crippen LogP contribution in [-0.4, -0.2) is 24.7 Å². The van der Waals surface area contributed by atoms with E-state index in [4.69, 9.17) is 21.1 Å². The van der Waals surface area contributed by atoms with E-state index in [1.165, 1.54) is 31.4 Å². The Hall–Kier alpha value is -2.60. The Morgan fingerprint density at radius 2 is 2.09 bits per heavy atom. The van der Waals surface area contributed by atoms with Crippen molar-refractivity contribution in [1.82, 2.24) is 4.98 Å². The van der Waals surface area contributed by atoms with Crippen LogP contribution >= 0.6 is 11.6 Å². The van der Waals surface area contributed by atoms with E-state index in [-0.39, 0.29) is 28.8 Å². The minimum absolute atomic E-state index is 0.0425. The summed E-state index contributed by atoms with van der Waals surface area (Å²) in [5.74, 6) is -0.813. The molecule has 2 rings (SSSR count). The van der Waals surface area contributed by atoms with E-state index < -0.39 is 17.0 Å². The van der Waals surface area contributed by atoms with Crippen molar-refractivity contribution < 1.29 is 14.3 Å². The lowest BCUT2D eigenvalue weighted by molar-refractivity contribution is -0.137. The molecule has 1 aromatic heterocycles. The van der Waals surface area contributed by atoms with Crippen molar-refractivity contribution >= 4 is 34.5 Å². The Morgan fingerprint density at radius 1 is 1.35 bits per heavy atom. The van der Waals surface area contributed by atoms with Gasteiger partial charge in [-0.2, -0.15) is 0 Å². The zero-order valence-electron chi connectivity index (χ0n) is 12.5. The molecule has 0 spiro atoms. The molecule has 0 atom stereocenters. The smallest absolute Gasteiger partial charge is 0.330 e. The zero-order valence-corrected chi connectivity index (χ0v) is 13.3. The summed E-state index contributed by atoms with van der Waals surface area (Å²) < 4.78 is 9.79. The molecule has 0 aliphatic heterocycles. The number of fused-ring (bicyclic) bond motifs is 1. The van der Waals surface area contributed by atoms with Crippen molar-refractivity contribution in [3.63, 3.8) is 0 Å². The second-order valence-electron chi connectivity index (χ2n) is 4.51. The number of aromatic nitrogens is 1. The molecule has 23 heavy (non-hydrogen) atoms. The number of methoxy groups -OCH3 is 1. The summed E-state index contributed by atoms with van der Waals surface area (Å²) in [6.45, 7) is 1.87. The summed E-state index contributed by atoms with van der Waals surface area (Å²) in [4.78, 5) is 38.9. The molecule has 2 aromatic rings. The minimum Gasteiger partial charge on any atom is -0.491 e. The van der Waals surface area contributed by atoms with Gasteiger partial charge in [-0.05, 0) is 31.2 Å². The molecule has 1 aromatic carbocycles. The monoisotopic (exact) mass is 335 g/mol. The number of aromatic amines is 1. The van der Waals surface area contributed by atoms with E-state index >= 15 is 0 Å². The number of carbonyl (C=O) groups excluding carboxylic acids is 1. The van der Waals surface area contributed by atoms with Gasteiger partial charge >= 0.3 is 5.97 Å². The third-order valence-electron chi connectivity index (χ3n) is 3.05. The van der Waals surface area contributed by atoms with Gasteiger partial charge in [0, 0.05) is 16.5 Å². The molecule has 0 unspecified atom stereocenters. The number of ether oxygens (including phenoxy) is 2. The van der Waals surface area contributed by atoms with Crippen LogP contribution in [0.1, 0.15) is 12.5 Å². The predicted molar refractivity (Wildman–Crippen MR) is 88.1 cm³/mol. The van der Waals surface area contributed by atoms with Gasteiger partial charge in [-0.15, -0.1) is 0 Å². The number of carbonyl (C=O) groups is 1. The van der Waals surface area contributed by atoms with E-state index in [9.17, 15) is 14.4 Å². The van der Waals surface area contributed by atoms with Crippen LogP contribution in [0.3, 0.4) is 0 Å². The fourth-order valence-corrected chi connectivity index (χ4v) is 2.24. The van der Waals surface area contributed by atoms with Crippen molar-refractivity contribution in [2.45, 2.75) is 6.92 Å². The van der Waals surface area contributed by atoms with E-state index in [0.29, 0.717) is 5.02 Å². The molecule has 0 bridgehead atoms. The number of rotatable bonds is 4. The average Bonchev–Trinajstić information content (AvgIpc) is 2.59. The number of esters is 1. The van der Waals surface area contributed by atoms with Crippen LogP contribution in [0.2, 0.25) is 5.02 Å². The molecular formula is C16H14ClNO5. The standard InChI is InChI=1S/C16H14ClNO5/c1-3-23-13(19)7-6-11-14(20)10-5-4-9(17)8-12(10)18-16(21)15(11)22-2/h4-8H,3H2,1-2H3,(H,18,21). The molecule has 0 fully saturated rings. The van der Waals surface area contributed by atoms with Crippen LogP contribution in [0.25, 0.3) is 17.0 Å². The predicted octanol–water partition coefficient (Wildman–Crippen LogP) is 2.13. The van der Waals surface area contributed by atoms with Crippen molar-refractivity contribution in [3.8, 4) is 5.75 Å². The lowest BCUT2D eigenvalue weighted by Crippen LogP contribution is -2.10. The van der Waals surface area contributed by atoms with Crippen LogP contribution in [0.15, 0.2) is 33.9 Å². The van der Waals surface area contributed by atoms with E-state index in [2.05, 4.69) is 4.98 Å². The maximum atomic E-state index is 12.7. The Balaban J connectivity index is 2.79. The van der Waals surface area contributed by atoms with Crippen molar-refractivity contribution in [1.29, 1.82) is 0 Å². The Labute approximate surface area is 136 Å². The first kappa shape index (κ1) is 16.8. The van der Waals surface area contributed by atoms with Crippen LogP contribution in [0, 0.1) is 0 Å². The van der Waals surface area contributed by atoms with Crippen LogP contribution in [0.5, 0.6) is 5.75 Å². The first-order valence-electron chi connectivity index (χ1n) is 6.76. The molecule has 1 N–H and O–H groups in total. The Morgan fingerprint density at radius 3 is 2.74 bits per heavy atom. The molecular weight excluding hydrogens is 322 g/mol. The summed E-state index contributed by atoms with van der Waals surface area (Å²) in [6.07, 6.45) is 2.28. The van der Waals surface area contributed by atoms with E-state index in [1.807, 2.05) is 0 Å². The fraction of sp³-hybridized carbons (Fsp3) is 0.188. The number of halogens is 1. The Kier molecular flexibility index (Phi) is 5.18. The molecule has 7 heteroatoms. The minimum atomic E-state index is -0.621. The molecule has 0 saturated carbocycles. The number of H-pyrrole nitrogens is 1. The van der Waals surface area contributed by atoms with E-state index in [1.54, 1.807) is 6.92 Å². The summed E-state index contributed by atoms with van der Waals surface area (Å²) >= 11 is 5.89. The van der Waals surface area contributed by atoms with Crippen LogP contribution in [0.4, 0.5) is 0 Å². The van der Waals surface area contributed by atoms with Gasteiger partial charge in [0.2, 0.25) is 0 Å². The van der Waals surface area contributed by atoms with Crippen molar-refractivity contribution in [2.75, 3.05) is 13.7 Å². The van der Waals surface area contributed by atoms with Gasteiger partial charge in [0.1, 0.15) is 0 Å². The largest absolute Gasteiger partial charge is 0.491 e. The van der Waals surface area contributed by atoms with Crippen molar-refractivity contribution in [3.05, 3.63) is 55.4 Å². The van der Waals surface area contributed by atoms with Gasteiger partial charge in [0.15, 0.2) is 11.2 Å². The van der Waals surface area contributed by atoms with Crippen LogP contribution < -0.4 is 15.7 Å². The molecule has 0 amide bonds. The maximum Gasteiger partial charge on any atom is 0.330 e. The van der Waals surface area contributed by atoms with Gasteiger partial charge < -0.3 is 14.5 Å². The highest BCUT2D eigenvalue weighted by Gasteiger charge is 2.12. The summed E-state index contributed by atoms with van der Waals surface area (Å²) in [6, 6.07) is 4.50. The second kappa shape index (κ2) is 7.11. The SMILES string of the molecule is CCOC(=O)C=Cc1c(OC)c(=O)[nH]c2cc(Cl)ccc2c1=O. The average molecular weight is 336 g/mol. The van der Waals surface area contributed by atoms with Gasteiger partial charge in [-0.1, -0.05) is 11.6 Å². The molecule has 0 radical (unpaired) electrons. The number of benzene rings is 1. The summed E-state index contributed by atoms with van der Waals surface area (Å²) in [5, 5.41) is 0.625. The van der Waals surface area contributed by atoms with Gasteiger partial charge in [-0.25, -0.2) is 4.79 Å². The highest BCUT2D eigenvalue weighted by molar-refractivity contribution is 6.31. The van der Waals surface area contributed by atoms with E-state index in [0.717, 1.165) is 6.08 Å². The lowest BCUT2D eigenvalue weighted by atomic mass is 10.1. The summed E-state index contributed by atoms with van der Waals surface area (Å²) in [5.41, 5.74) is -0.835. The third-order valence-corrected chi connectivity index (χ3v) is 3.28. The molecule has 1 heterocycles. The third kappa shape index (κ3) is 3.60. The normalized spacial score (nSPS) is 10.9. The highest BCUT2D eigenvalue weighted by atomic mass is 35.5. The zero-order chi connectivity index (χ0) is 17.0. The van der Waals surface area contributed by atoms with Crippen LogP contribution in [-0.2, 0) is 9.53 Å². The fourth-order valence-electron chi connectivity index (χ4n) is 2.06. The molecule has 0 saturated heterocycles. The number of nitrogens with one attached hydrogen (secondary N) is 1. The number of hydrogen-bond acceptors (Lipinski definition) is 5. The number of hydrogen-bond donors (Lipinski definition) is 1. The highest BCUT2D eigenvalue weighted by Crippen LogP contribution is 2.17. The Bertz CT molecular complexity index is 901. The molecule has 0 aliphatic rings. The van der Waals surface area contributed by atoms with Gasteiger partial charge in [-0.3, -0.25) is 9.59 Å². The lowest BCUT2D eigenvalue weighted by Gasteiger charge is -1.98. The topological polar surface area (TPSA) is 85.5 Å². The molecule has 0 aliphatic carbocycles. The molecule has 6 nitrogen and oxygen atoms in total. The molecule has 120 valence electrons. The van der Waals surface area contributed by atoms with Crippen molar-refractivity contribution in [2.24, 2.45) is 0 Å². The quantitative estimate of drug-likeness (QED) is 0.683. The summed E-state index contributed by atoms with van der Waals surface area (Å²) in [7, 11) is 1.27. The maximum absolute atomic E-state index is 12.7. The first-order chi connectivity index (χ1) is 11.0. The second-order valence-corrected chi connectivity index (χ2v) is 4.94. The van der Waals surface area contributed by atoms with Gasteiger partial charge in [0.25, 0.3) is 5.56 Å². The first-order valence-corrected chi connectivity index (χ1v) is 7.14.